The highest BCUT2D eigenvalue weighted by molar-refractivity contribution is 5.22. The number of nitrogens with two attached hydrogens (primary N) is 1. The maximum Gasteiger partial charge on any atom is 0.159 e. The van der Waals surface area contributed by atoms with Gasteiger partial charge in [0.1, 0.15) is 0 Å². The summed E-state index contributed by atoms with van der Waals surface area (Å²) >= 11 is 0. The zero-order valence-corrected chi connectivity index (χ0v) is 11.0. The van der Waals surface area contributed by atoms with E-state index < -0.39 is 11.6 Å². The molecule has 0 saturated heterocycles. The Bertz CT molecular complexity index is 455. The van der Waals surface area contributed by atoms with E-state index in [-0.39, 0.29) is 6.04 Å². The Morgan fingerprint density at radius 1 is 1.16 bits per heavy atom. The lowest BCUT2D eigenvalue weighted by Crippen LogP contribution is -2.37. The first-order valence-corrected chi connectivity index (χ1v) is 7.10. The molecule has 1 atom stereocenters. The summed E-state index contributed by atoms with van der Waals surface area (Å²) in [4.78, 5) is 2.41. The first-order chi connectivity index (χ1) is 9.19. The molecule has 0 aliphatic heterocycles. The Morgan fingerprint density at radius 2 is 1.89 bits per heavy atom. The van der Waals surface area contributed by atoms with Crippen molar-refractivity contribution in [3.05, 3.63) is 35.4 Å². The van der Waals surface area contributed by atoms with Crippen molar-refractivity contribution in [2.45, 2.75) is 37.8 Å². The second kappa shape index (κ2) is 5.17. The Hall–Kier alpha value is -1.00. The number of benzene rings is 1. The zero-order chi connectivity index (χ0) is 13.4. The predicted molar refractivity (Wildman–Crippen MR) is 70.6 cm³/mol. The fourth-order valence-corrected chi connectivity index (χ4v) is 2.72. The van der Waals surface area contributed by atoms with Crippen LogP contribution in [0.1, 0.15) is 37.3 Å². The van der Waals surface area contributed by atoms with Crippen molar-refractivity contribution < 1.29 is 8.78 Å². The van der Waals surface area contributed by atoms with Crippen LogP contribution in [0.5, 0.6) is 0 Å². The minimum atomic E-state index is -0.792. The fraction of sp³-hybridized carbons (Fsp3) is 0.600. The number of hydrogen-bond donors (Lipinski definition) is 1. The predicted octanol–water partition coefficient (Wildman–Crippen LogP) is 2.84. The van der Waals surface area contributed by atoms with Crippen molar-refractivity contribution >= 4 is 0 Å². The van der Waals surface area contributed by atoms with Crippen LogP contribution in [0.4, 0.5) is 8.78 Å². The van der Waals surface area contributed by atoms with E-state index in [2.05, 4.69) is 4.90 Å². The molecule has 0 radical (unpaired) electrons. The summed E-state index contributed by atoms with van der Waals surface area (Å²) < 4.78 is 26.4. The minimum absolute atomic E-state index is 0.0169. The van der Waals surface area contributed by atoms with Crippen molar-refractivity contribution in [3.63, 3.8) is 0 Å². The lowest BCUT2D eigenvalue weighted by atomic mass is 10.0. The average molecular weight is 266 g/mol. The molecule has 0 bridgehead atoms. The van der Waals surface area contributed by atoms with Gasteiger partial charge in [0.25, 0.3) is 0 Å². The summed E-state index contributed by atoms with van der Waals surface area (Å²) in [7, 11) is 0. The lowest BCUT2D eigenvalue weighted by molar-refractivity contribution is 0.182. The molecule has 2 aliphatic rings. The Morgan fingerprint density at radius 3 is 2.42 bits per heavy atom. The third kappa shape index (κ3) is 2.95. The SMILES string of the molecule is NCC(c1ccc(F)c(F)c1)N(CC1CC1)C1CC1. The molecule has 0 aromatic heterocycles. The molecule has 1 aromatic carbocycles. The van der Waals surface area contributed by atoms with E-state index in [9.17, 15) is 8.78 Å². The smallest absolute Gasteiger partial charge is 0.159 e. The molecule has 2 N–H and O–H groups in total. The summed E-state index contributed by atoms with van der Waals surface area (Å²) in [6.45, 7) is 1.50. The standard InChI is InChI=1S/C15H20F2N2/c16-13-6-3-11(7-14(13)17)15(8-18)19(12-4-5-12)9-10-1-2-10/h3,6-7,10,12,15H,1-2,4-5,8-9,18H2. The molecule has 0 heterocycles. The van der Waals surface area contributed by atoms with E-state index in [4.69, 9.17) is 5.73 Å². The van der Waals surface area contributed by atoms with Crippen LogP contribution in [0.2, 0.25) is 0 Å². The molecule has 19 heavy (non-hydrogen) atoms. The van der Waals surface area contributed by atoms with E-state index in [0.29, 0.717) is 12.6 Å². The largest absolute Gasteiger partial charge is 0.329 e. The lowest BCUT2D eigenvalue weighted by Gasteiger charge is -2.31. The Balaban J connectivity index is 1.81. The van der Waals surface area contributed by atoms with Crippen LogP contribution in [0, 0.1) is 17.6 Å². The van der Waals surface area contributed by atoms with Crippen LogP contribution in [0.25, 0.3) is 0 Å². The Kier molecular flexibility index (Phi) is 3.54. The molecule has 2 aliphatic carbocycles. The Labute approximate surface area is 112 Å². The van der Waals surface area contributed by atoms with Crippen LogP contribution in [-0.2, 0) is 0 Å². The van der Waals surface area contributed by atoms with Crippen LogP contribution < -0.4 is 5.73 Å². The molecule has 3 rings (SSSR count). The highest BCUT2D eigenvalue weighted by Crippen LogP contribution is 2.39. The molecule has 4 heteroatoms. The molecule has 0 spiro atoms. The first kappa shape index (κ1) is 13.0. The molecule has 1 unspecified atom stereocenters. The molecule has 1 aromatic rings. The van der Waals surface area contributed by atoms with Gasteiger partial charge in [-0.15, -0.1) is 0 Å². The zero-order valence-electron chi connectivity index (χ0n) is 11.0. The maximum absolute atomic E-state index is 13.4. The normalized spacial score (nSPS) is 20.8. The van der Waals surface area contributed by atoms with Gasteiger partial charge in [-0.05, 0) is 49.3 Å². The molecule has 0 amide bonds. The number of hydrogen-bond acceptors (Lipinski definition) is 2. The second-order valence-electron chi connectivity index (χ2n) is 5.80. The molecule has 2 nitrogen and oxygen atoms in total. The summed E-state index contributed by atoms with van der Waals surface area (Å²) in [5.74, 6) is -0.794. The van der Waals surface area contributed by atoms with Crippen molar-refractivity contribution in [1.29, 1.82) is 0 Å². The monoisotopic (exact) mass is 266 g/mol. The van der Waals surface area contributed by atoms with Crippen molar-refractivity contribution in [1.82, 2.24) is 4.90 Å². The highest BCUT2D eigenvalue weighted by atomic mass is 19.2. The van der Waals surface area contributed by atoms with Gasteiger partial charge >= 0.3 is 0 Å². The van der Waals surface area contributed by atoms with Crippen molar-refractivity contribution in [3.8, 4) is 0 Å². The van der Waals surface area contributed by atoms with Crippen LogP contribution >= 0.6 is 0 Å². The molecule has 2 saturated carbocycles. The van der Waals surface area contributed by atoms with Gasteiger partial charge in [-0.3, -0.25) is 4.90 Å². The summed E-state index contributed by atoms with van der Waals surface area (Å²) in [6.07, 6.45) is 4.98. The third-order valence-corrected chi connectivity index (χ3v) is 4.13. The van der Waals surface area contributed by atoms with Crippen molar-refractivity contribution in [2.75, 3.05) is 13.1 Å². The maximum atomic E-state index is 13.4. The van der Waals surface area contributed by atoms with E-state index in [1.165, 1.54) is 37.8 Å². The molecule has 104 valence electrons. The number of halogens is 2. The van der Waals surface area contributed by atoms with Gasteiger partial charge in [-0.1, -0.05) is 6.07 Å². The van der Waals surface area contributed by atoms with Crippen LogP contribution in [-0.4, -0.2) is 24.0 Å². The summed E-state index contributed by atoms with van der Waals surface area (Å²) in [5, 5.41) is 0. The fourth-order valence-electron chi connectivity index (χ4n) is 2.72. The topological polar surface area (TPSA) is 29.3 Å². The molecular formula is C15H20F2N2. The number of nitrogens with zero attached hydrogens (tertiary/aromatic N) is 1. The van der Waals surface area contributed by atoms with Gasteiger partial charge in [-0.25, -0.2) is 8.78 Å². The van der Waals surface area contributed by atoms with Crippen molar-refractivity contribution in [2.24, 2.45) is 11.7 Å². The van der Waals surface area contributed by atoms with Gasteiger partial charge in [-0.2, -0.15) is 0 Å². The summed E-state index contributed by atoms with van der Waals surface area (Å²) in [5.41, 5.74) is 6.70. The van der Waals surface area contributed by atoms with Gasteiger partial charge in [0.05, 0.1) is 0 Å². The van der Waals surface area contributed by atoms with Crippen LogP contribution in [0.15, 0.2) is 18.2 Å². The third-order valence-electron chi connectivity index (χ3n) is 4.13. The van der Waals surface area contributed by atoms with E-state index in [1.54, 1.807) is 6.07 Å². The van der Waals surface area contributed by atoms with Gasteiger partial charge in [0.2, 0.25) is 0 Å². The average Bonchev–Trinajstić information content (AvgIpc) is 3.27. The van der Waals surface area contributed by atoms with E-state index in [0.717, 1.165) is 18.0 Å². The number of rotatable bonds is 6. The molecule has 2 fully saturated rings. The van der Waals surface area contributed by atoms with Gasteiger partial charge in [0.15, 0.2) is 11.6 Å². The summed E-state index contributed by atoms with van der Waals surface area (Å²) in [6, 6.07) is 4.77. The molecular weight excluding hydrogens is 246 g/mol. The minimum Gasteiger partial charge on any atom is -0.329 e. The van der Waals surface area contributed by atoms with Gasteiger partial charge in [0, 0.05) is 25.2 Å². The second-order valence-corrected chi connectivity index (χ2v) is 5.80. The van der Waals surface area contributed by atoms with Gasteiger partial charge < -0.3 is 5.73 Å². The van der Waals surface area contributed by atoms with E-state index >= 15 is 0 Å². The first-order valence-electron chi connectivity index (χ1n) is 7.10. The van der Waals surface area contributed by atoms with Crippen LogP contribution in [0.3, 0.4) is 0 Å². The quantitative estimate of drug-likeness (QED) is 0.858. The highest BCUT2D eigenvalue weighted by Gasteiger charge is 2.37. The van der Waals surface area contributed by atoms with E-state index in [1.807, 2.05) is 0 Å².